The summed E-state index contributed by atoms with van der Waals surface area (Å²) < 4.78 is 1.97. The molecular formula is C23H25N3O. The van der Waals surface area contributed by atoms with Gasteiger partial charge in [-0.15, -0.1) is 0 Å². The van der Waals surface area contributed by atoms with E-state index < -0.39 is 0 Å². The maximum Gasteiger partial charge on any atom is 0.231 e. The van der Waals surface area contributed by atoms with Crippen LogP contribution < -0.4 is 5.32 Å². The fourth-order valence-corrected chi connectivity index (χ4v) is 4.15. The highest BCUT2D eigenvalue weighted by molar-refractivity contribution is 5.89. The Kier molecular flexibility index (Phi) is 4.80. The van der Waals surface area contributed by atoms with Gasteiger partial charge in [0.15, 0.2) is 0 Å². The van der Waals surface area contributed by atoms with E-state index in [1.807, 2.05) is 29.0 Å². The minimum atomic E-state index is -0.383. The van der Waals surface area contributed by atoms with Crippen LogP contribution >= 0.6 is 0 Å². The molecule has 0 unspecified atom stereocenters. The van der Waals surface area contributed by atoms with Gasteiger partial charge in [-0.25, -0.2) is 4.98 Å². The molecule has 0 aliphatic heterocycles. The third-order valence-corrected chi connectivity index (χ3v) is 5.76. The summed E-state index contributed by atoms with van der Waals surface area (Å²) >= 11 is 0. The number of amides is 1. The summed E-state index contributed by atoms with van der Waals surface area (Å²) in [4.78, 5) is 17.4. The molecule has 4 rings (SSSR count). The average molecular weight is 359 g/mol. The summed E-state index contributed by atoms with van der Waals surface area (Å²) in [6, 6.07) is 18.5. The second-order valence-corrected chi connectivity index (χ2v) is 7.41. The summed E-state index contributed by atoms with van der Waals surface area (Å²) in [5.74, 6) is 0.150. The molecule has 27 heavy (non-hydrogen) atoms. The van der Waals surface area contributed by atoms with Gasteiger partial charge >= 0.3 is 0 Å². The lowest BCUT2D eigenvalue weighted by molar-refractivity contribution is -0.127. The fraction of sp³-hybridized carbons (Fsp3) is 0.304. The predicted molar refractivity (Wildman–Crippen MR) is 107 cm³/mol. The lowest BCUT2D eigenvalue weighted by Gasteiger charge is -2.30. The summed E-state index contributed by atoms with van der Waals surface area (Å²) in [6.45, 7) is 2.05. The maximum atomic E-state index is 13.3. The summed E-state index contributed by atoms with van der Waals surface area (Å²) in [5, 5.41) is 3.27. The first-order valence-electron chi connectivity index (χ1n) is 9.64. The lowest BCUT2D eigenvalue weighted by atomic mass is 9.77. The van der Waals surface area contributed by atoms with Crippen molar-refractivity contribution in [2.45, 2.75) is 44.1 Å². The van der Waals surface area contributed by atoms with Crippen molar-refractivity contribution in [1.29, 1.82) is 0 Å². The van der Waals surface area contributed by atoms with E-state index in [4.69, 9.17) is 0 Å². The van der Waals surface area contributed by atoms with Crippen LogP contribution in [0.4, 0.5) is 0 Å². The Morgan fingerprint density at radius 1 is 1.07 bits per heavy atom. The summed E-state index contributed by atoms with van der Waals surface area (Å²) in [6.07, 6.45) is 9.53. The Bertz CT molecular complexity index is 879. The maximum absolute atomic E-state index is 13.3. The number of hydrogen-bond acceptors (Lipinski definition) is 2. The second kappa shape index (κ2) is 7.39. The molecule has 1 saturated carbocycles. The molecule has 1 atom stereocenters. The molecule has 0 radical (unpaired) electrons. The number of carbonyl (C=O) groups excluding carboxylic acids is 1. The van der Waals surface area contributed by atoms with Crippen molar-refractivity contribution in [1.82, 2.24) is 14.9 Å². The largest absolute Gasteiger partial charge is 0.349 e. The molecule has 1 heterocycles. The van der Waals surface area contributed by atoms with Crippen molar-refractivity contribution in [3.8, 4) is 5.69 Å². The molecule has 0 saturated heterocycles. The lowest BCUT2D eigenvalue weighted by Crippen LogP contribution is -2.43. The van der Waals surface area contributed by atoms with Gasteiger partial charge in [-0.1, -0.05) is 55.3 Å². The van der Waals surface area contributed by atoms with Gasteiger partial charge in [-0.05, 0) is 43.0 Å². The van der Waals surface area contributed by atoms with Crippen molar-refractivity contribution in [3.63, 3.8) is 0 Å². The van der Waals surface area contributed by atoms with Crippen molar-refractivity contribution in [2.24, 2.45) is 0 Å². The van der Waals surface area contributed by atoms with Crippen LogP contribution in [0.3, 0.4) is 0 Å². The van der Waals surface area contributed by atoms with Crippen molar-refractivity contribution >= 4 is 5.91 Å². The van der Waals surface area contributed by atoms with Gasteiger partial charge in [0.25, 0.3) is 0 Å². The first-order valence-corrected chi connectivity index (χ1v) is 9.64. The molecule has 1 aromatic heterocycles. The highest BCUT2D eigenvalue weighted by Crippen LogP contribution is 2.41. The Balaban J connectivity index is 1.51. The van der Waals surface area contributed by atoms with E-state index in [2.05, 4.69) is 53.6 Å². The highest BCUT2D eigenvalue weighted by Gasteiger charge is 2.42. The van der Waals surface area contributed by atoms with E-state index in [1.165, 1.54) is 0 Å². The molecule has 4 heteroatoms. The number of aromatic nitrogens is 2. The third-order valence-electron chi connectivity index (χ3n) is 5.76. The van der Waals surface area contributed by atoms with Crippen LogP contribution in [0.2, 0.25) is 0 Å². The minimum Gasteiger partial charge on any atom is -0.349 e. The average Bonchev–Trinajstić information content (AvgIpc) is 3.41. The quantitative estimate of drug-likeness (QED) is 0.726. The first-order chi connectivity index (χ1) is 13.2. The van der Waals surface area contributed by atoms with Crippen LogP contribution in [0, 0.1) is 0 Å². The molecule has 1 fully saturated rings. The number of imidazole rings is 1. The van der Waals surface area contributed by atoms with Crippen LogP contribution in [0.25, 0.3) is 5.69 Å². The molecule has 1 N–H and O–H groups in total. The van der Waals surface area contributed by atoms with Crippen LogP contribution in [0.15, 0.2) is 73.3 Å². The van der Waals surface area contributed by atoms with Crippen LogP contribution in [0.5, 0.6) is 0 Å². The number of benzene rings is 2. The molecule has 3 aromatic rings. The van der Waals surface area contributed by atoms with Gasteiger partial charge in [0.2, 0.25) is 5.91 Å². The molecular weight excluding hydrogens is 334 g/mol. The standard InChI is InChI=1S/C23H25N3O/c1-18(19-9-11-21(12-10-19)26-16-15-24-17-26)25-22(27)23(13-5-6-14-23)20-7-3-2-4-8-20/h2-4,7-12,15-18H,5-6,13-14H2,1H3,(H,25,27)/t18-/m1/s1. The Morgan fingerprint density at radius 2 is 1.78 bits per heavy atom. The van der Waals surface area contributed by atoms with E-state index in [1.54, 1.807) is 12.5 Å². The second-order valence-electron chi connectivity index (χ2n) is 7.41. The summed E-state index contributed by atoms with van der Waals surface area (Å²) in [7, 11) is 0. The molecule has 1 amide bonds. The zero-order chi connectivity index (χ0) is 18.7. The van der Waals surface area contributed by atoms with Gasteiger partial charge in [0.05, 0.1) is 17.8 Å². The van der Waals surface area contributed by atoms with E-state index in [9.17, 15) is 4.79 Å². The van der Waals surface area contributed by atoms with Gasteiger partial charge in [0, 0.05) is 18.1 Å². The van der Waals surface area contributed by atoms with Gasteiger partial charge in [-0.3, -0.25) is 4.79 Å². The van der Waals surface area contributed by atoms with Crippen molar-refractivity contribution in [2.75, 3.05) is 0 Å². The zero-order valence-electron chi connectivity index (χ0n) is 15.6. The molecule has 1 aliphatic carbocycles. The number of nitrogens with zero attached hydrogens (tertiary/aromatic N) is 2. The van der Waals surface area contributed by atoms with Crippen LogP contribution in [-0.2, 0) is 10.2 Å². The topological polar surface area (TPSA) is 46.9 Å². The van der Waals surface area contributed by atoms with Gasteiger partial charge in [0.1, 0.15) is 0 Å². The fourth-order valence-electron chi connectivity index (χ4n) is 4.15. The van der Waals surface area contributed by atoms with Crippen molar-refractivity contribution < 1.29 is 4.79 Å². The molecule has 2 aromatic carbocycles. The van der Waals surface area contributed by atoms with E-state index >= 15 is 0 Å². The number of rotatable bonds is 5. The molecule has 138 valence electrons. The molecule has 0 bridgehead atoms. The zero-order valence-corrected chi connectivity index (χ0v) is 15.6. The van der Waals surface area contributed by atoms with E-state index in [-0.39, 0.29) is 17.4 Å². The van der Waals surface area contributed by atoms with Crippen LogP contribution in [-0.4, -0.2) is 15.5 Å². The normalized spacial score (nSPS) is 16.8. The smallest absolute Gasteiger partial charge is 0.231 e. The number of nitrogens with one attached hydrogen (secondary N) is 1. The monoisotopic (exact) mass is 359 g/mol. The summed E-state index contributed by atoms with van der Waals surface area (Å²) in [5.41, 5.74) is 2.93. The highest BCUT2D eigenvalue weighted by atomic mass is 16.2. The van der Waals surface area contributed by atoms with Crippen LogP contribution in [0.1, 0.15) is 49.8 Å². The minimum absolute atomic E-state index is 0.0319. The van der Waals surface area contributed by atoms with Gasteiger partial charge in [-0.2, -0.15) is 0 Å². The molecule has 0 spiro atoms. The molecule has 4 nitrogen and oxygen atoms in total. The SMILES string of the molecule is C[C@@H](NC(=O)C1(c2ccccc2)CCCC1)c1ccc(-n2ccnc2)cc1. The molecule has 1 aliphatic rings. The van der Waals surface area contributed by atoms with Gasteiger partial charge < -0.3 is 9.88 Å². The first kappa shape index (κ1) is 17.5. The Hall–Kier alpha value is -2.88. The predicted octanol–water partition coefficient (Wildman–Crippen LogP) is 4.56. The number of carbonyl (C=O) groups is 1. The third kappa shape index (κ3) is 3.39. The van der Waals surface area contributed by atoms with E-state index in [0.29, 0.717) is 0 Å². The Labute approximate surface area is 160 Å². The van der Waals surface area contributed by atoms with Crippen molar-refractivity contribution in [3.05, 3.63) is 84.4 Å². The Morgan fingerprint density at radius 3 is 2.41 bits per heavy atom. The van der Waals surface area contributed by atoms with E-state index in [0.717, 1.165) is 42.5 Å². The number of hydrogen-bond donors (Lipinski definition) is 1.